The molecular formula is C11H19N3O2S2. The zero-order valence-corrected chi connectivity index (χ0v) is 12.4. The van der Waals surface area contributed by atoms with Gasteiger partial charge in [-0.3, -0.25) is 9.93 Å². The van der Waals surface area contributed by atoms with Crippen LogP contribution in [-0.2, 0) is 15.7 Å². The Bertz CT molecular complexity index is 443. The minimum atomic E-state index is -0.954. The maximum absolute atomic E-state index is 11.7. The summed E-state index contributed by atoms with van der Waals surface area (Å²) in [6.45, 7) is 4.03. The van der Waals surface area contributed by atoms with Crippen molar-refractivity contribution in [2.45, 2.75) is 31.2 Å². The summed E-state index contributed by atoms with van der Waals surface area (Å²) in [4.78, 5) is 12.5. The molecule has 1 heterocycles. The van der Waals surface area contributed by atoms with E-state index in [9.17, 15) is 4.79 Å². The molecule has 102 valence electrons. The van der Waals surface area contributed by atoms with Crippen LogP contribution < -0.4 is 15.6 Å². The highest BCUT2D eigenvalue weighted by atomic mass is 32.2. The summed E-state index contributed by atoms with van der Waals surface area (Å²) in [5, 5.41) is 8.46. The molecule has 2 atom stereocenters. The van der Waals surface area contributed by atoms with E-state index in [4.69, 9.17) is 15.6 Å². The number of hydrogen-bond acceptors (Lipinski definition) is 4. The van der Waals surface area contributed by atoms with Crippen LogP contribution in [0.1, 0.15) is 20.3 Å². The standard InChI is InChI=1S/C11H19N3O2S2/c1-7(2)4-9(12)11(15)14-18(13)8-5-10(16-3)17-6-8/h5-7,9H,4,12H2,1-3H3,(H2,13,14,15). The summed E-state index contributed by atoms with van der Waals surface area (Å²) in [5.41, 5.74) is 5.76. The largest absolute Gasteiger partial charge is 0.487 e. The Kier molecular flexibility index (Phi) is 5.94. The molecule has 0 saturated carbocycles. The topological polar surface area (TPSA) is 90.7 Å². The molecule has 4 N–H and O–H groups in total. The van der Waals surface area contributed by atoms with Crippen molar-refractivity contribution in [3.05, 3.63) is 11.4 Å². The number of nitrogens with zero attached hydrogens (tertiary/aromatic N) is 1. The Balaban J connectivity index is 2.73. The Labute approximate surface area is 114 Å². The van der Waals surface area contributed by atoms with Gasteiger partial charge in [0.25, 0.3) is 5.91 Å². The van der Waals surface area contributed by atoms with Crippen LogP contribution in [0.4, 0.5) is 0 Å². The second-order valence-corrected chi connectivity index (χ2v) is 6.44. The van der Waals surface area contributed by atoms with Crippen LogP contribution in [0.3, 0.4) is 0 Å². The van der Waals surface area contributed by atoms with Crippen molar-refractivity contribution in [2.75, 3.05) is 7.11 Å². The molecule has 18 heavy (non-hydrogen) atoms. The van der Waals surface area contributed by atoms with Gasteiger partial charge in [-0.1, -0.05) is 13.8 Å². The monoisotopic (exact) mass is 289 g/mol. The van der Waals surface area contributed by atoms with Crippen LogP contribution in [0, 0.1) is 5.92 Å². The zero-order chi connectivity index (χ0) is 13.7. The molecule has 0 fully saturated rings. The summed E-state index contributed by atoms with van der Waals surface area (Å²) in [7, 11) is 0.635. The summed E-state index contributed by atoms with van der Waals surface area (Å²) < 4.78 is 9.01. The van der Waals surface area contributed by atoms with E-state index < -0.39 is 16.9 Å². The van der Waals surface area contributed by atoms with Crippen molar-refractivity contribution >= 4 is 28.1 Å². The number of carbonyl (C=O) groups is 1. The van der Waals surface area contributed by atoms with E-state index in [0.717, 1.165) is 9.96 Å². The third kappa shape index (κ3) is 4.49. The van der Waals surface area contributed by atoms with Crippen LogP contribution in [0.15, 0.2) is 20.7 Å². The van der Waals surface area contributed by atoms with Crippen molar-refractivity contribution in [1.29, 1.82) is 0 Å². The highest BCUT2D eigenvalue weighted by molar-refractivity contribution is 7.85. The molecule has 1 amide bonds. The summed E-state index contributed by atoms with van der Waals surface area (Å²) in [6.07, 6.45) is 0.618. The predicted molar refractivity (Wildman–Crippen MR) is 75.6 cm³/mol. The van der Waals surface area contributed by atoms with E-state index in [1.54, 1.807) is 13.2 Å². The number of rotatable bonds is 5. The smallest absolute Gasteiger partial charge is 0.269 e. The number of ether oxygens (including phenoxy) is 1. The summed E-state index contributed by atoms with van der Waals surface area (Å²) in [5.74, 6) is 0.0275. The second-order valence-electron chi connectivity index (χ2n) is 4.29. The molecule has 0 saturated heterocycles. The minimum absolute atomic E-state index is 0.334. The molecule has 1 aromatic heterocycles. The molecule has 0 bridgehead atoms. The van der Waals surface area contributed by atoms with Crippen molar-refractivity contribution in [3.8, 4) is 5.06 Å². The Morgan fingerprint density at radius 1 is 1.61 bits per heavy atom. The van der Waals surface area contributed by atoms with Crippen molar-refractivity contribution in [3.63, 3.8) is 0 Å². The van der Waals surface area contributed by atoms with Crippen molar-refractivity contribution < 1.29 is 9.53 Å². The van der Waals surface area contributed by atoms with Gasteiger partial charge >= 0.3 is 0 Å². The van der Waals surface area contributed by atoms with Gasteiger partial charge in [0.05, 0.1) is 13.2 Å². The summed E-state index contributed by atoms with van der Waals surface area (Å²) >= 11 is 1.43. The van der Waals surface area contributed by atoms with Crippen molar-refractivity contribution in [2.24, 2.45) is 21.2 Å². The molecule has 1 rings (SSSR count). The van der Waals surface area contributed by atoms with Gasteiger partial charge in [0, 0.05) is 27.2 Å². The van der Waals surface area contributed by atoms with Gasteiger partial charge in [0.2, 0.25) is 0 Å². The van der Waals surface area contributed by atoms with Crippen LogP contribution in [0.25, 0.3) is 0 Å². The minimum Gasteiger partial charge on any atom is -0.487 e. The number of thiophene rings is 1. The molecule has 0 radical (unpaired) electrons. The van der Waals surface area contributed by atoms with Crippen LogP contribution in [0.5, 0.6) is 5.06 Å². The average molecular weight is 289 g/mol. The lowest BCUT2D eigenvalue weighted by molar-refractivity contribution is -0.119. The lowest BCUT2D eigenvalue weighted by atomic mass is 10.0. The van der Waals surface area contributed by atoms with E-state index in [1.165, 1.54) is 11.3 Å². The van der Waals surface area contributed by atoms with Crippen LogP contribution in [-0.4, -0.2) is 19.1 Å². The molecule has 0 aliphatic carbocycles. The van der Waals surface area contributed by atoms with Crippen molar-refractivity contribution in [1.82, 2.24) is 0 Å². The number of carbonyl (C=O) groups excluding carboxylic acids is 1. The number of methoxy groups -OCH3 is 1. The predicted octanol–water partition coefficient (Wildman–Crippen LogP) is 1.69. The van der Waals surface area contributed by atoms with Crippen LogP contribution in [0.2, 0.25) is 0 Å². The van der Waals surface area contributed by atoms with Gasteiger partial charge in [0.1, 0.15) is 0 Å². The maximum Gasteiger partial charge on any atom is 0.269 e. The Hall–Kier alpha value is -0.760. The highest BCUT2D eigenvalue weighted by Crippen LogP contribution is 2.24. The number of hydrogen-bond donors (Lipinski definition) is 2. The first kappa shape index (κ1) is 15.3. The molecule has 0 aliphatic rings. The molecule has 2 unspecified atom stereocenters. The zero-order valence-electron chi connectivity index (χ0n) is 10.8. The molecule has 7 heteroatoms. The first-order chi connectivity index (χ1) is 8.43. The molecule has 1 aromatic rings. The van der Waals surface area contributed by atoms with Gasteiger partial charge in [0.15, 0.2) is 5.06 Å². The van der Waals surface area contributed by atoms with E-state index in [0.29, 0.717) is 12.3 Å². The van der Waals surface area contributed by atoms with Gasteiger partial charge in [-0.15, -0.1) is 11.3 Å². The van der Waals surface area contributed by atoms with Crippen LogP contribution >= 0.6 is 11.3 Å². The molecule has 0 aromatic carbocycles. The lowest BCUT2D eigenvalue weighted by Gasteiger charge is -2.10. The Morgan fingerprint density at radius 2 is 2.28 bits per heavy atom. The highest BCUT2D eigenvalue weighted by Gasteiger charge is 2.15. The molecule has 0 aliphatic heterocycles. The third-order valence-corrected chi connectivity index (χ3v) is 4.36. The van der Waals surface area contributed by atoms with E-state index in [1.807, 2.05) is 19.2 Å². The third-order valence-electron chi connectivity index (χ3n) is 2.22. The fourth-order valence-electron chi connectivity index (χ4n) is 1.34. The fraction of sp³-hybridized carbons (Fsp3) is 0.545. The van der Waals surface area contributed by atoms with Gasteiger partial charge in [-0.05, 0) is 12.3 Å². The number of nitrogens with two attached hydrogens (primary N) is 2. The Morgan fingerprint density at radius 3 is 2.78 bits per heavy atom. The first-order valence-corrected chi connectivity index (χ1v) is 7.69. The van der Waals surface area contributed by atoms with E-state index >= 15 is 0 Å². The second kappa shape index (κ2) is 6.98. The molecule has 5 nitrogen and oxygen atoms in total. The van der Waals surface area contributed by atoms with E-state index in [2.05, 4.69) is 4.36 Å². The van der Waals surface area contributed by atoms with Gasteiger partial charge < -0.3 is 10.5 Å². The van der Waals surface area contributed by atoms with E-state index in [-0.39, 0.29) is 5.91 Å². The fourth-order valence-corrected chi connectivity index (χ4v) is 3.21. The van der Waals surface area contributed by atoms with Gasteiger partial charge in [-0.2, -0.15) is 4.36 Å². The quantitative estimate of drug-likeness (QED) is 0.863. The number of amides is 1. The average Bonchev–Trinajstić information content (AvgIpc) is 2.76. The summed E-state index contributed by atoms with van der Waals surface area (Å²) in [6, 6.07) is 1.22. The van der Waals surface area contributed by atoms with Gasteiger partial charge in [-0.25, -0.2) is 0 Å². The first-order valence-electron chi connectivity index (χ1n) is 5.56. The normalized spacial score (nSPS) is 14.8. The SMILES string of the molecule is COc1cc(S(N)=NC(=O)C(N)CC(C)C)cs1. The molecular weight excluding hydrogens is 270 g/mol. The maximum atomic E-state index is 11.7. The molecule has 0 spiro atoms. The lowest BCUT2D eigenvalue weighted by Crippen LogP contribution is -2.31.